The van der Waals surface area contributed by atoms with E-state index in [1.807, 2.05) is 0 Å². The Morgan fingerprint density at radius 3 is 2.73 bits per heavy atom. The van der Waals surface area contributed by atoms with Crippen LogP contribution in [0.1, 0.15) is 17.2 Å². The van der Waals surface area contributed by atoms with Crippen molar-refractivity contribution in [3.05, 3.63) is 27.7 Å². The van der Waals surface area contributed by atoms with Gasteiger partial charge in [-0.15, -0.1) is 0 Å². The van der Waals surface area contributed by atoms with Gasteiger partial charge in [0.15, 0.2) is 0 Å². The van der Waals surface area contributed by atoms with Crippen LogP contribution in [0.4, 0.5) is 0 Å². The molecule has 0 unspecified atom stereocenters. The number of esters is 1. The number of benzene rings is 1. The summed E-state index contributed by atoms with van der Waals surface area (Å²) >= 11 is 3.23. The maximum atomic E-state index is 11.2. The molecule has 1 aromatic carbocycles. The summed E-state index contributed by atoms with van der Waals surface area (Å²) in [6, 6.07) is 2.48. The number of hydrogen-bond donors (Lipinski definition) is 2. The van der Waals surface area contributed by atoms with Crippen LogP contribution in [-0.2, 0) is 9.53 Å². The summed E-state index contributed by atoms with van der Waals surface area (Å²) in [7, 11) is 1.25. The van der Waals surface area contributed by atoms with Crippen molar-refractivity contribution in [1.82, 2.24) is 0 Å². The second-order valence-electron chi connectivity index (χ2n) is 3.13. The van der Waals surface area contributed by atoms with E-state index in [1.54, 1.807) is 19.1 Å². The van der Waals surface area contributed by atoms with E-state index in [0.717, 1.165) is 0 Å². The van der Waals surface area contributed by atoms with E-state index in [2.05, 4.69) is 20.7 Å². The number of aryl methyl sites for hydroxylation is 1. The number of nitrogens with two attached hydrogens (primary N) is 1. The average Bonchev–Trinajstić information content (AvgIpc) is 2.22. The highest BCUT2D eigenvalue weighted by atomic mass is 79.9. The summed E-state index contributed by atoms with van der Waals surface area (Å²) in [6.07, 6.45) is 0. The molecule has 0 saturated heterocycles. The van der Waals surface area contributed by atoms with Gasteiger partial charge >= 0.3 is 5.97 Å². The highest BCUT2D eigenvalue weighted by Gasteiger charge is 2.23. The molecule has 0 spiro atoms. The third-order valence-electron chi connectivity index (χ3n) is 2.13. The third kappa shape index (κ3) is 2.30. The number of ether oxygens (including phenoxy) is 1. The van der Waals surface area contributed by atoms with Crippen LogP contribution in [0.5, 0.6) is 5.75 Å². The summed E-state index contributed by atoms with van der Waals surface area (Å²) in [5.41, 5.74) is 6.66. The minimum absolute atomic E-state index is 0.0160. The molecule has 0 aliphatic rings. The number of hydrogen-bond acceptors (Lipinski definition) is 4. The van der Waals surface area contributed by atoms with Crippen LogP contribution in [-0.4, -0.2) is 18.2 Å². The lowest BCUT2D eigenvalue weighted by Gasteiger charge is -2.14. The van der Waals surface area contributed by atoms with Crippen molar-refractivity contribution in [2.75, 3.05) is 7.11 Å². The second-order valence-corrected chi connectivity index (χ2v) is 3.98. The van der Waals surface area contributed by atoms with Crippen molar-refractivity contribution >= 4 is 21.9 Å². The summed E-state index contributed by atoms with van der Waals surface area (Å²) in [5, 5.41) is 9.78. The molecule has 0 fully saturated rings. The zero-order valence-electron chi connectivity index (χ0n) is 8.45. The van der Waals surface area contributed by atoms with Crippen molar-refractivity contribution in [1.29, 1.82) is 0 Å². The zero-order chi connectivity index (χ0) is 11.6. The molecule has 0 aliphatic heterocycles. The molecule has 3 N–H and O–H groups in total. The SMILES string of the molecule is COC(=O)[C@@H](N)c1c(Br)ccc(C)c1O. The van der Waals surface area contributed by atoms with Gasteiger partial charge in [0.05, 0.1) is 7.11 Å². The van der Waals surface area contributed by atoms with Gasteiger partial charge in [-0.25, -0.2) is 0 Å². The Morgan fingerprint density at radius 1 is 1.60 bits per heavy atom. The maximum absolute atomic E-state index is 11.2. The molecule has 1 aromatic rings. The number of halogens is 1. The van der Waals surface area contributed by atoms with Gasteiger partial charge in [-0.05, 0) is 18.6 Å². The van der Waals surface area contributed by atoms with Gasteiger partial charge in [0.1, 0.15) is 11.8 Å². The highest BCUT2D eigenvalue weighted by Crippen LogP contribution is 2.33. The summed E-state index contributed by atoms with van der Waals surface area (Å²) in [4.78, 5) is 11.2. The maximum Gasteiger partial charge on any atom is 0.327 e. The van der Waals surface area contributed by atoms with Crippen molar-refractivity contribution < 1.29 is 14.6 Å². The smallest absolute Gasteiger partial charge is 0.327 e. The Labute approximate surface area is 96.2 Å². The van der Waals surface area contributed by atoms with E-state index in [1.165, 1.54) is 7.11 Å². The summed E-state index contributed by atoms with van der Waals surface area (Å²) in [6.45, 7) is 1.73. The molecule has 0 bridgehead atoms. The molecule has 0 aliphatic carbocycles. The first-order valence-corrected chi connectivity index (χ1v) is 5.09. The molecule has 0 heterocycles. The van der Waals surface area contributed by atoms with Gasteiger partial charge < -0.3 is 15.6 Å². The molecule has 0 amide bonds. The van der Waals surface area contributed by atoms with E-state index in [4.69, 9.17) is 5.73 Å². The molecular weight excluding hydrogens is 262 g/mol. The molecule has 1 rings (SSSR count). The van der Waals surface area contributed by atoms with E-state index < -0.39 is 12.0 Å². The van der Waals surface area contributed by atoms with Crippen molar-refractivity contribution in [2.45, 2.75) is 13.0 Å². The molecule has 0 aromatic heterocycles. The van der Waals surface area contributed by atoms with Crippen LogP contribution in [0, 0.1) is 6.92 Å². The number of methoxy groups -OCH3 is 1. The van der Waals surface area contributed by atoms with Crippen LogP contribution >= 0.6 is 15.9 Å². The highest BCUT2D eigenvalue weighted by molar-refractivity contribution is 9.10. The fraction of sp³-hybridized carbons (Fsp3) is 0.300. The van der Waals surface area contributed by atoms with E-state index in [0.29, 0.717) is 15.6 Å². The largest absolute Gasteiger partial charge is 0.507 e. The number of rotatable bonds is 2. The van der Waals surface area contributed by atoms with Gasteiger partial charge in [-0.2, -0.15) is 0 Å². The lowest BCUT2D eigenvalue weighted by Crippen LogP contribution is -2.23. The van der Waals surface area contributed by atoms with Crippen LogP contribution in [0.25, 0.3) is 0 Å². The molecule has 4 nitrogen and oxygen atoms in total. The Kier molecular flexibility index (Phi) is 3.71. The minimum atomic E-state index is -0.982. The molecule has 15 heavy (non-hydrogen) atoms. The predicted octanol–water partition coefficient (Wildman–Crippen LogP) is 1.64. The number of phenols is 1. The lowest BCUT2D eigenvalue weighted by molar-refractivity contribution is -0.142. The van der Waals surface area contributed by atoms with E-state index in [-0.39, 0.29) is 5.75 Å². The quantitative estimate of drug-likeness (QED) is 0.804. The monoisotopic (exact) mass is 273 g/mol. The van der Waals surface area contributed by atoms with Crippen LogP contribution in [0.15, 0.2) is 16.6 Å². The third-order valence-corrected chi connectivity index (χ3v) is 2.82. The molecule has 82 valence electrons. The van der Waals surface area contributed by atoms with Gasteiger partial charge in [0.2, 0.25) is 0 Å². The Bertz CT molecular complexity index is 392. The zero-order valence-corrected chi connectivity index (χ0v) is 10.0. The summed E-state index contributed by atoms with van der Waals surface area (Å²) < 4.78 is 5.11. The van der Waals surface area contributed by atoms with Gasteiger partial charge in [-0.3, -0.25) is 4.79 Å². The van der Waals surface area contributed by atoms with E-state index in [9.17, 15) is 9.90 Å². The first kappa shape index (κ1) is 12.0. The second kappa shape index (κ2) is 4.63. The Hall–Kier alpha value is -1.07. The predicted molar refractivity (Wildman–Crippen MR) is 59.5 cm³/mol. The van der Waals surface area contributed by atoms with Crippen LogP contribution < -0.4 is 5.73 Å². The van der Waals surface area contributed by atoms with Crippen LogP contribution in [0.3, 0.4) is 0 Å². The number of carbonyl (C=O) groups excluding carboxylic acids is 1. The molecule has 0 saturated carbocycles. The Balaban J connectivity index is 3.24. The fourth-order valence-corrected chi connectivity index (χ4v) is 1.80. The molecule has 5 heteroatoms. The normalized spacial score (nSPS) is 12.3. The van der Waals surface area contributed by atoms with Crippen molar-refractivity contribution in [3.63, 3.8) is 0 Å². The average molecular weight is 274 g/mol. The van der Waals surface area contributed by atoms with Crippen molar-refractivity contribution in [3.8, 4) is 5.75 Å². The molecule has 1 atom stereocenters. The first-order chi connectivity index (χ1) is 6.99. The summed E-state index contributed by atoms with van der Waals surface area (Å²) in [5.74, 6) is -0.570. The first-order valence-electron chi connectivity index (χ1n) is 4.30. The van der Waals surface area contributed by atoms with E-state index >= 15 is 0 Å². The number of carbonyl (C=O) groups is 1. The standard InChI is InChI=1S/C10H12BrNO3/c1-5-3-4-6(11)7(9(5)13)8(12)10(14)15-2/h3-4,8,13H,12H2,1-2H3/t8-/m0/s1. The fourth-order valence-electron chi connectivity index (χ4n) is 1.23. The topological polar surface area (TPSA) is 72.5 Å². The van der Waals surface area contributed by atoms with Gasteiger partial charge in [0, 0.05) is 10.0 Å². The number of aromatic hydroxyl groups is 1. The Morgan fingerprint density at radius 2 is 2.20 bits per heavy atom. The lowest BCUT2D eigenvalue weighted by atomic mass is 10.0. The van der Waals surface area contributed by atoms with Crippen LogP contribution in [0.2, 0.25) is 0 Å². The van der Waals surface area contributed by atoms with Gasteiger partial charge in [-0.1, -0.05) is 22.0 Å². The number of phenolic OH excluding ortho intramolecular Hbond substituents is 1. The minimum Gasteiger partial charge on any atom is -0.507 e. The van der Waals surface area contributed by atoms with Crippen molar-refractivity contribution in [2.24, 2.45) is 5.73 Å². The molecule has 0 radical (unpaired) electrons. The van der Waals surface area contributed by atoms with Gasteiger partial charge in [0.25, 0.3) is 0 Å². The molecular formula is C10H12BrNO3.